The van der Waals surface area contributed by atoms with Gasteiger partial charge in [0.2, 0.25) is 0 Å². The van der Waals surface area contributed by atoms with Gasteiger partial charge in [-0.15, -0.1) is 11.3 Å². The van der Waals surface area contributed by atoms with Crippen molar-refractivity contribution in [2.45, 2.75) is 53.0 Å². The fourth-order valence-corrected chi connectivity index (χ4v) is 3.64. The molecule has 0 saturated carbocycles. The molecule has 0 radical (unpaired) electrons. The molecular formula is C15H27N3S. The Morgan fingerprint density at radius 1 is 1.32 bits per heavy atom. The van der Waals surface area contributed by atoms with Crippen LogP contribution in [0.15, 0.2) is 0 Å². The van der Waals surface area contributed by atoms with Gasteiger partial charge in [0, 0.05) is 24.5 Å². The zero-order valence-electron chi connectivity index (χ0n) is 12.5. The van der Waals surface area contributed by atoms with Crippen LogP contribution >= 0.6 is 11.3 Å². The molecule has 0 spiro atoms. The van der Waals surface area contributed by atoms with Crippen LogP contribution in [0.3, 0.4) is 0 Å². The molecule has 108 valence electrons. The van der Waals surface area contributed by atoms with Crippen LogP contribution in [0.4, 0.5) is 5.13 Å². The van der Waals surface area contributed by atoms with Gasteiger partial charge in [-0.05, 0) is 31.7 Å². The first-order valence-corrected chi connectivity index (χ1v) is 8.50. The number of anilines is 1. The molecule has 0 unspecified atom stereocenters. The van der Waals surface area contributed by atoms with Gasteiger partial charge in [0.25, 0.3) is 0 Å². The summed E-state index contributed by atoms with van der Waals surface area (Å²) in [4.78, 5) is 8.83. The Kier molecular flexibility index (Phi) is 5.64. The minimum atomic E-state index is 0.882. The third-order valence-corrected chi connectivity index (χ3v) is 5.00. The maximum Gasteiger partial charge on any atom is 0.185 e. The van der Waals surface area contributed by atoms with Gasteiger partial charge in [-0.1, -0.05) is 27.2 Å². The Balaban J connectivity index is 2.07. The molecule has 1 aliphatic rings. The fourth-order valence-electron chi connectivity index (χ4n) is 2.51. The molecule has 1 aromatic rings. The molecule has 0 aromatic carbocycles. The monoisotopic (exact) mass is 281 g/mol. The van der Waals surface area contributed by atoms with E-state index in [1.165, 1.54) is 48.1 Å². The number of thiazole rings is 1. The lowest BCUT2D eigenvalue weighted by Crippen LogP contribution is -2.32. The molecule has 19 heavy (non-hydrogen) atoms. The summed E-state index contributed by atoms with van der Waals surface area (Å²) in [6.07, 6.45) is 4.91. The van der Waals surface area contributed by atoms with Crippen LogP contribution in [-0.2, 0) is 13.0 Å². The number of aryl methyl sites for hydroxylation is 1. The molecule has 3 nitrogen and oxygen atoms in total. The summed E-state index contributed by atoms with van der Waals surface area (Å²) in [5.74, 6) is 0.882. The predicted octanol–water partition coefficient (Wildman–Crippen LogP) is 3.44. The van der Waals surface area contributed by atoms with Gasteiger partial charge >= 0.3 is 0 Å². The van der Waals surface area contributed by atoms with Crippen LogP contribution < -0.4 is 10.2 Å². The molecule has 2 rings (SSSR count). The fraction of sp³-hybridized carbons (Fsp3) is 0.800. The second kappa shape index (κ2) is 7.25. The van der Waals surface area contributed by atoms with Crippen molar-refractivity contribution in [3.8, 4) is 0 Å². The highest BCUT2D eigenvalue weighted by atomic mass is 32.1. The lowest BCUT2D eigenvalue weighted by atomic mass is 10.00. The zero-order chi connectivity index (χ0) is 13.7. The number of nitrogens with zero attached hydrogens (tertiary/aromatic N) is 2. The van der Waals surface area contributed by atoms with Crippen molar-refractivity contribution in [1.82, 2.24) is 10.3 Å². The van der Waals surface area contributed by atoms with Crippen molar-refractivity contribution in [3.05, 3.63) is 10.6 Å². The number of piperidine rings is 1. The summed E-state index contributed by atoms with van der Waals surface area (Å²) in [5, 5.41) is 4.69. The van der Waals surface area contributed by atoms with Crippen molar-refractivity contribution < 1.29 is 0 Å². The minimum absolute atomic E-state index is 0.882. The Labute approximate surface area is 121 Å². The van der Waals surface area contributed by atoms with Gasteiger partial charge in [0.05, 0.1) is 5.69 Å². The quantitative estimate of drug-likeness (QED) is 0.866. The highest BCUT2D eigenvalue weighted by molar-refractivity contribution is 7.15. The summed E-state index contributed by atoms with van der Waals surface area (Å²) < 4.78 is 0. The van der Waals surface area contributed by atoms with E-state index in [1.807, 2.05) is 11.3 Å². The molecule has 1 fully saturated rings. The van der Waals surface area contributed by atoms with Gasteiger partial charge in [0.1, 0.15) is 0 Å². The molecule has 1 saturated heterocycles. The largest absolute Gasteiger partial charge is 0.348 e. The zero-order valence-corrected chi connectivity index (χ0v) is 13.4. The predicted molar refractivity (Wildman–Crippen MR) is 84.1 cm³/mol. The number of aromatic nitrogens is 1. The van der Waals surface area contributed by atoms with E-state index in [0.717, 1.165) is 25.4 Å². The number of rotatable bonds is 6. The molecule has 0 bridgehead atoms. The smallest absolute Gasteiger partial charge is 0.185 e. The molecule has 1 N–H and O–H groups in total. The van der Waals surface area contributed by atoms with Gasteiger partial charge in [0.15, 0.2) is 5.13 Å². The van der Waals surface area contributed by atoms with Crippen molar-refractivity contribution in [2.24, 2.45) is 5.92 Å². The topological polar surface area (TPSA) is 28.2 Å². The van der Waals surface area contributed by atoms with Crippen LogP contribution in [0.25, 0.3) is 0 Å². The Morgan fingerprint density at radius 2 is 2.05 bits per heavy atom. The van der Waals surface area contributed by atoms with Gasteiger partial charge in [-0.3, -0.25) is 0 Å². The molecule has 2 heterocycles. The summed E-state index contributed by atoms with van der Waals surface area (Å²) in [6.45, 7) is 11.1. The summed E-state index contributed by atoms with van der Waals surface area (Å²) in [5.41, 5.74) is 1.32. The average molecular weight is 281 g/mol. The molecule has 4 heteroatoms. The standard InChI is InChI=1S/C15H27N3S/c1-4-6-13-14(11-16-5-2)19-15(17-13)18-9-7-12(3)8-10-18/h12,16H,4-11H2,1-3H3. The first-order valence-electron chi connectivity index (χ1n) is 7.68. The lowest BCUT2D eigenvalue weighted by molar-refractivity contribution is 0.438. The Bertz CT molecular complexity index is 381. The molecule has 1 aliphatic heterocycles. The van der Waals surface area contributed by atoms with Crippen molar-refractivity contribution >= 4 is 16.5 Å². The second-order valence-corrected chi connectivity index (χ2v) is 6.63. The van der Waals surface area contributed by atoms with Crippen LogP contribution in [0.1, 0.15) is 50.6 Å². The van der Waals surface area contributed by atoms with Gasteiger partial charge in [-0.2, -0.15) is 0 Å². The SMILES string of the molecule is CCCc1nc(N2CCC(C)CC2)sc1CNCC. The molecule has 0 aliphatic carbocycles. The number of hydrogen-bond donors (Lipinski definition) is 1. The highest BCUT2D eigenvalue weighted by Crippen LogP contribution is 2.30. The first-order chi connectivity index (χ1) is 9.24. The second-order valence-electron chi connectivity index (χ2n) is 5.57. The van der Waals surface area contributed by atoms with Crippen LogP contribution in [0.2, 0.25) is 0 Å². The summed E-state index contributed by atoms with van der Waals surface area (Å²) in [7, 11) is 0. The highest BCUT2D eigenvalue weighted by Gasteiger charge is 2.20. The third kappa shape index (κ3) is 3.93. The molecule has 0 atom stereocenters. The van der Waals surface area contributed by atoms with Gasteiger partial charge in [-0.25, -0.2) is 4.98 Å². The maximum atomic E-state index is 4.91. The molecule has 1 aromatic heterocycles. The van der Waals surface area contributed by atoms with E-state index >= 15 is 0 Å². The number of hydrogen-bond acceptors (Lipinski definition) is 4. The summed E-state index contributed by atoms with van der Waals surface area (Å²) in [6, 6.07) is 0. The average Bonchev–Trinajstić information content (AvgIpc) is 2.81. The molecular weight excluding hydrogens is 254 g/mol. The minimum Gasteiger partial charge on any atom is -0.348 e. The van der Waals surface area contributed by atoms with Crippen LogP contribution in [-0.4, -0.2) is 24.6 Å². The maximum absolute atomic E-state index is 4.91. The van der Waals surface area contributed by atoms with Crippen LogP contribution in [0.5, 0.6) is 0 Å². The van der Waals surface area contributed by atoms with Gasteiger partial charge < -0.3 is 10.2 Å². The normalized spacial score (nSPS) is 17.1. The first kappa shape index (κ1) is 14.8. The Hall–Kier alpha value is -0.610. The van der Waals surface area contributed by atoms with E-state index in [2.05, 4.69) is 31.0 Å². The van der Waals surface area contributed by atoms with Crippen LogP contribution in [0, 0.1) is 5.92 Å². The van der Waals surface area contributed by atoms with Crippen molar-refractivity contribution in [1.29, 1.82) is 0 Å². The molecule has 0 amide bonds. The van der Waals surface area contributed by atoms with E-state index in [9.17, 15) is 0 Å². The van der Waals surface area contributed by atoms with E-state index < -0.39 is 0 Å². The van der Waals surface area contributed by atoms with Crippen molar-refractivity contribution in [3.63, 3.8) is 0 Å². The van der Waals surface area contributed by atoms with E-state index in [1.54, 1.807) is 0 Å². The third-order valence-electron chi connectivity index (χ3n) is 3.84. The van der Waals surface area contributed by atoms with E-state index in [0.29, 0.717) is 0 Å². The Morgan fingerprint density at radius 3 is 2.68 bits per heavy atom. The number of nitrogens with one attached hydrogen (secondary N) is 1. The van der Waals surface area contributed by atoms with E-state index in [4.69, 9.17) is 4.98 Å². The summed E-state index contributed by atoms with van der Waals surface area (Å²) >= 11 is 1.90. The lowest BCUT2D eigenvalue weighted by Gasteiger charge is -2.29. The van der Waals surface area contributed by atoms with E-state index in [-0.39, 0.29) is 0 Å². The van der Waals surface area contributed by atoms with Crippen molar-refractivity contribution in [2.75, 3.05) is 24.5 Å².